The van der Waals surface area contributed by atoms with Gasteiger partial charge in [0.15, 0.2) is 0 Å². The summed E-state index contributed by atoms with van der Waals surface area (Å²) in [6.07, 6.45) is 22.7. The van der Waals surface area contributed by atoms with Crippen molar-refractivity contribution in [2.24, 2.45) is 17.8 Å². The first-order valence-electron chi connectivity index (χ1n) is 9.96. The van der Waals surface area contributed by atoms with Gasteiger partial charge in [-0.05, 0) is 57.3 Å². The molecule has 0 aromatic heterocycles. The van der Waals surface area contributed by atoms with Gasteiger partial charge in [0.2, 0.25) is 0 Å². The maximum absolute atomic E-state index is 2.46. The van der Waals surface area contributed by atoms with Crippen LogP contribution < -0.4 is 0 Å². The highest BCUT2D eigenvalue weighted by Crippen LogP contribution is 2.36. The van der Waals surface area contributed by atoms with Crippen molar-refractivity contribution < 1.29 is 0 Å². The topological polar surface area (TPSA) is 0 Å². The summed E-state index contributed by atoms with van der Waals surface area (Å²) in [5, 5.41) is 0. The van der Waals surface area contributed by atoms with Gasteiger partial charge in [0, 0.05) is 0 Å². The molecule has 1 fully saturated rings. The van der Waals surface area contributed by atoms with Gasteiger partial charge in [0.25, 0.3) is 0 Å². The number of allylic oxidation sites excluding steroid dienone is 4. The fourth-order valence-corrected chi connectivity index (χ4v) is 3.96. The number of unbranched alkanes of at least 4 members (excludes halogenated alkanes) is 2. The van der Waals surface area contributed by atoms with Crippen LogP contribution in [0.4, 0.5) is 0 Å². The first-order valence-corrected chi connectivity index (χ1v) is 9.96. The van der Waals surface area contributed by atoms with E-state index in [9.17, 15) is 0 Å². The van der Waals surface area contributed by atoms with E-state index in [1.54, 1.807) is 5.57 Å². The first-order chi connectivity index (χ1) is 10.7. The molecular formula is C22H40. The molecule has 0 N–H and O–H groups in total. The molecule has 1 aliphatic rings. The maximum Gasteiger partial charge on any atom is -0.0235 e. The Labute approximate surface area is 140 Å². The number of hydrogen-bond donors (Lipinski definition) is 0. The van der Waals surface area contributed by atoms with Crippen LogP contribution in [0.3, 0.4) is 0 Å². The van der Waals surface area contributed by atoms with Gasteiger partial charge >= 0.3 is 0 Å². The molecule has 1 aliphatic carbocycles. The Kier molecular flexibility index (Phi) is 10.6. The minimum absolute atomic E-state index is 0.781. The second-order valence-electron chi connectivity index (χ2n) is 7.49. The molecule has 0 heterocycles. The van der Waals surface area contributed by atoms with Crippen LogP contribution in [0.5, 0.6) is 0 Å². The van der Waals surface area contributed by atoms with Crippen molar-refractivity contribution in [1.29, 1.82) is 0 Å². The molecule has 0 amide bonds. The van der Waals surface area contributed by atoms with E-state index in [2.05, 4.69) is 45.9 Å². The van der Waals surface area contributed by atoms with Crippen molar-refractivity contribution in [3.8, 4) is 0 Å². The molecule has 128 valence electrons. The normalized spacial score (nSPS) is 19.9. The minimum Gasteiger partial charge on any atom is -0.0888 e. The van der Waals surface area contributed by atoms with Gasteiger partial charge in [-0.25, -0.2) is 0 Å². The lowest BCUT2D eigenvalue weighted by molar-refractivity contribution is 0.309. The smallest absolute Gasteiger partial charge is 0.0235 e. The summed E-state index contributed by atoms with van der Waals surface area (Å²) < 4.78 is 0. The Hall–Kier alpha value is -0.520. The van der Waals surface area contributed by atoms with Crippen molar-refractivity contribution in [2.45, 2.75) is 98.3 Å². The second kappa shape index (κ2) is 12.0. The molecule has 0 aliphatic heterocycles. The molecule has 0 heteroatoms. The highest BCUT2D eigenvalue weighted by molar-refractivity contribution is 4.99. The standard InChI is InChI=1S/C22H40/c1-5-7-9-15-21(22-17-12-13-18-22)16-11-8-10-14-20(4)19(3)6-2/h6-7,9,20-22H,5,8,10-18H2,1-4H3/b9-7-,19-6-. The van der Waals surface area contributed by atoms with Gasteiger partial charge in [0.05, 0.1) is 0 Å². The van der Waals surface area contributed by atoms with E-state index in [0.717, 1.165) is 17.8 Å². The molecular weight excluding hydrogens is 264 g/mol. The van der Waals surface area contributed by atoms with Gasteiger partial charge in [-0.15, -0.1) is 0 Å². The second-order valence-corrected chi connectivity index (χ2v) is 7.49. The van der Waals surface area contributed by atoms with E-state index < -0.39 is 0 Å². The van der Waals surface area contributed by atoms with E-state index in [0.29, 0.717) is 0 Å². The van der Waals surface area contributed by atoms with Crippen LogP contribution >= 0.6 is 0 Å². The quantitative estimate of drug-likeness (QED) is 0.271. The average molecular weight is 305 g/mol. The van der Waals surface area contributed by atoms with E-state index in [1.807, 2.05) is 0 Å². The maximum atomic E-state index is 2.46. The molecule has 0 aromatic rings. The summed E-state index contributed by atoms with van der Waals surface area (Å²) in [7, 11) is 0. The van der Waals surface area contributed by atoms with Crippen molar-refractivity contribution in [2.75, 3.05) is 0 Å². The Morgan fingerprint density at radius 1 is 1.05 bits per heavy atom. The molecule has 0 aromatic carbocycles. The highest BCUT2D eigenvalue weighted by atomic mass is 14.3. The summed E-state index contributed by atoms with van der Waals surface area (Å²) in [6, 6.07) is 0. The van der Waals surface area contributed by atoms with Crippen molar-refractivity contribution >= 4 is 0 Å². The molecule has 1 rings (SSSR count). The lowest BCUT2D eigenvalue weighted by Crippen LogP contribution is -2.11. The lowest BCUT2D eigenvalue weighted by Gasteiger charge is -2.22. The summed E-state index contributed by atoms with van der Waals surface area (Å²) in [5.41, 5.74) is 1.56. The fraction of sp³-hybridized carbons (Fsp3) is 0.818. The fourth-order valence-electron chi connectivity index (χ4n) is 3.96. The van der Waals surface area contributed by atoms with Crippen LogP contribution in [0.2, 0.25) is 0 Å². The van der Waals surface area contributed by atoms with Crippen LogP contribution in [0, 0.1) is 17.8 Å². The van der Waals surface area contributed by atoms with Gasteiger partial charge in [-0.2, -0.15) is 0 Å². The van der Waals surface area contributed by atoms with Crippen LogP contribution in [-0.4, -0.2) is 0 Å². The molecule has 22 heavy (non-hydrogen) atoms. The molecule has 0 bridgehead atoms. The van der Waals surface area contributed by atoms with Crippen molar-refractivity contribution in [3.63, 3.8) is 0 Å². The zero-order chi connectivity index (χ0) is 16.2. The number of rotatable bonds is 11. The SMILES string of the molecule is C/C=C(/C)C(C)CCCCCC(C/C=C\CC)C1CCCC1. The van der Waals surface area contributed by atoms with Crippen molar-refractivity contribution in [1.82, 2.24) is 0 Å². The van der Waals surface area contributed by atoms with E-state index in [-0.39, 0.29) is 0 Å². The third kappa shape index (κ3) is 7.65. The Morgan fingerprint density at radius 2 is 1.73 bits per heavy atom. The van der Waals surface area contributed by atoms with Gasteiger partial charge < -0.3 is 0 Å². The third-order valence-corrected chi connectivity index (χ3v) is 5.85. The molecule has 0 nitrogen and oxygen atoms in total. The summed E-state index contributed by atoms with van der Waals surface area (Å²) >= 11 is 0. The molecule has 0 spiro atoms. The Bertz CT molecular complexity index is 317. The lowest BCUT2D eigenvalue weighted by atomic mass is 9.83. The largest absolute Gasteiger partial charge is 0.0888 e. The van der Waals surface area contributed by atoms with Crippen LogP contribution in [-0.2, 0) is 0 Å². The molecule has 2 unspecified atom stereocenters. The van der Waals surface area contributed by atoms with E-state index in [1.165, 1.54) is 70.6 Å². The predicted molar refractivity (Wildman–Crippen MR) is 101 cm³/mol. The summed E-state index contributed by atoms with van der Waals surface area (Å²) in [6.45, 7) is 9.07. The van der Waals surface area contributed by atoms with Gasteiger partial charge in [0.1, 0.15) is 0 Å². The van der Waals surface area contributed by atoms with Crippen molar-refractivity contribution in [3.05, 3.63) is 23.8 Å². The number of hydrogen-bond acceptors (Lipinski definition) is 0. The Balaban J connectivity index is 2.23. The predicted octanol–water partition coefficient (Wildman–Crippen LogP) is 7.70. The van der Waals surface area contributed by atoms with E-state index >= 15 is 0 Å². The third-order valence-electron chi connectivity index (χ3n) is 5.85. The highest BCUT2D eigenvalue weighted by Gasteiger charge is 2.23. The van der Waals surface area contributed by atoms with Gasteiger partial charge in [-0.3, -0.25) is 0 Å². The summed E-state index contributed by atoms with van der Waals surface area (Å²) in [5.74, 6) is 2.79. The van der Waals surface area contributed by atoms with E-state index in [4.69, 9.17) is 0 Å². The molecule has 1 saturated carbocycles. The van der Waals surface area contributed by atoms with Gasteiger partial charge in [-0.1, -0.05) is 82.6 Å². The van der Waals surface area contributed by atoms with Crippen LogP contribution in [0.1, 0.15) is 98.3 Å². The zero-order valence-electron chi connectivity index (χ0n) is 15.7. The van der Waals surface area contributed by atoms with Crippen LogP contribution in [0.25, 0.3) is 0 Å². The monoisotopic (exact) mass is 304 g/mol. The molecule has 0 saturated heterocycles. The summed E-state index contributed by atoms with van der Waals surface area (Å²) in [4.78, 5) is 0. The molecule has 0 radical (unpaired) electrons. The first kappa shape index (κ1) is 19.5. The minimum atomic E-state index is 0.781. The van der Waals surface area contributed by atoms with Crippen LogP contribution in [0.15, 0.2) is 23.8 Å². The average Bonchev–Trinajstić information content (AvgIpc) is 3.06. The zero-order valence-corrected chi connectivity index (χ0v) is 15.7. The Morgan fingerprint density at radius 3 is 2.36 bits per heavy atom. The molecule has 2 atom stereocenters.